The second-order valence-electron chi connectivity index (χ2n) is 3.37. The highest BCUT2D eigenvalue weighted by Crippen LogP contribution is 2.33. The fourth-order valence-corrected chi connectivity index (χ4v) is 2.56. The molecule has 0 spiro atoms. The van der Waals surface area contributed by atoms with E-state index in [0.717, 1.165) is 27.3 Å². The minimum absolute atomic E-state index is 0.870. The Balaban J connectivity index is 2.52. The summed E-state index contributed by atoms with van der Waals surface area (Å²) in [5.74, 6) is 0.870. The number of halogens is 1. The smallest absolute Gasteiger partial charge is 0.159 e. The SMILES string of the molecule is CCc1ccc(OC)c(-c2csc(Br)n2)c1. The summed E-state index contributed by atoms with van der Waals surface area (Å²) < 4.78 is 6.25. The first-order valence-corrected chi connectivity index (χ1v) is 6.70. The van der Waals surface area contributed by atoms with E-state index in [1.165, 1.54) is 5.56 Å². The van der Waals surface area contributed by atoms with Crippen LogP contribution in [0.25, 0.3) is 11.3 Å². The van der Waals surface area contributed by atoms with Gasteiger partial charge in [0.2, 0.25) is 0 Å². The molecule has 0 saturated carbocycles. The van der Waals surface area contributed by atoms with Crippen LogP contribution in [0.5, 0.6) is 5.75 Å². The zero-order chi connectivity index (χ0) is 11.5. The van der Waals surface area contributed by atoms with Crippen LogP contribution < -0.4 is 4.74 Å². The maximum Gasteiger partial charge on any atom is 0.159 e. The molecule has 0 aliphatic heterocycles. The molecule has 0 amide bonds. The monoisotopic (exact) mass is 297 g/mol. The summed E-state index contributed by atoms with van der Waals surface area (Å²) in [6.07, 6.45) is 1.02. The Kier molecular flexibility index (Phi) is 3.61. The summed E-state index contributed by atoms with van der Waals surface area (Å²) in [5.41, 5.74) is 3.31. The van der Waals surface area contributed by atoms with Gasteiger partial charge in [-0.05, 0) is 40.0 Å². The van der Waals surface area contributed by atoms with Crippen molar-refractivity contribution in [1.29, 1.82) is 0 Å². The zero-order valence-electron chi connectivity index (χ0n) is 9.16. The molecule has 84 valence electrons. The maximum absolute atomic E-state index is 5.36. The van der Waals surface area contributed by atoms with Crippen molar-refractivity contribution in [2.24, 2.45) is 0 Å². The second-order valence-corrected chi connectivity index (χ2v) is 5.51. The van der Waals surface area contributed by atoms with E-state index in [-0.39, 0.29) is 0 Å². The largest absolute Gasteiger partial charge is 0.496 e. The molecule has 0 radical (unpaired) electrons. The van der Waals surface area contributed by atoms with Crippen LogP contribution >= 0.6 is 27.3 Å². The molecule has 0 atom stereocenters. The maximum atomic E-state index is 5.36. The molecule has 0 saturated heterocycles. The van der Waals surface area contributed by atoms with Gasteiger partial charge in [0.1, 0.15) is 5.75 Å². The molecule has 2 aromatic rings. The number of aryl methyl sites for hydroxylation is 1. The molecule has 1 heterocycles. The lowest BCUT2D eigenvalue weighted by Gasteiger charge is -2.07. The third-order valence-corrected chi connectivity index (χ3v) is 3.79. The molecule has 0 unspecified atom stereocenters. The molecule has 4 heteroatoms. The topological polar surface area (TPSA) is 22.1 Å². The van der Waals surface area contributed by atoms with E-state index in [1.807, 2.05) is 11.4 Å². The molecule has 1 aromatic heterocycles. The predicted molar refractivity (Wildman–Crippen MR) is 71.2 cm³/mol. The summed E-state index contributed by atoms with van der Waals surface area (Å²) in [4.78, 5) is 4.42. The van der Waals surface area contributed by atoms with Crippen molar-refractivity contribution in [2.45, 2.75) is 13.3 Å². The molecule has 2 nitrogen and oxygen atoms in total. The minimum Gasteiger partial charge on any atom is -0.496 e. The summed E-state index contributed by atoms with van der Waals surface area (Å²) in [6.45, 7) is 2.14. The Morgan fingerprint density at radius 3 is 2.81 bits per heavy atom. The molecule has 0 N–H and O–H groups in total. The quantitative estimate of drug-likeness (QED) is 0.849. The number of rotatable bonds is 3. The molecule has 2 rings (SSSR count). The number of hydrogen-bond acceptors (Lipinski definition) is 3. The number of aromatic nitrogens is 1. The summed E-state index contributed by atoms with van der Waals surface area (Å²) in [6, 6.07) is 6.23. The normalized spacial score (nSPS) is 10.4. The first-order chi connectivity index (χ1) is 7.74. The van der Waals surface area contributed by atoms with Crippen LogP contribution in [0.15, 0.2) is 27.5 Å². The van der Waals surface area contributed by atoms with Gasteiger partial charge in [-0.25, -0.2) is 4.98 Å². The zero-order valence-corrected chi connectivity index (χ0v) is 11.6. The number of ether oxygens (including phenoxy) is 1. The van der Waals surface area contributed by atoms with Crippen molar-refractivity contribution in [1.82, 2.24) is 4.98 Å². The van der Waals surface area contributed by atoms with Crippen molar-refractivity contribution in [2.75, 3.05) is 7.11 Å². The third-order valence-electron chi connectivity index (χ3n) is 2.42. The first kappa shape index (κ1) is 11.6. The van der Waals surface area contributed by atoms with Gasteiger partial charge in [0.15, 0.2) is 3.92 Å². The van der Waals surface area contributed by atoms with Gasteiger partial charge < -0.3 is 4.74 Å². The lowest BCUT2D eigenvalue weighted by atomic mass is 10.1. The Labute approximate surface area is 107 Å². The predicted octanol–water partition coefficient (Wildman–Crippen LogP) is 4.14. The number of thiazole rings is 1. The molecule has 16 heavy (non-hydrogen) atoms. The van der Waals surface area contributed by atoms with Gasteiger partial charge in [-0.2, -0.15) is 0 Å². The van der Waals surface area contributed by atoms with Crippen molar-refractivity contribution in [3.05, 3.63) is 33.1 Å². The van der Waals surface area contributed by atoms with Crippen LogP contribution in [0.4, 0.5) is 0 Å². The van der Waals surface area contributed by atoms with Crippen LogP contribution in [-0.4, -0.2) is 12.1 Å². The standard InChI is InChI=1S/C12H12BrNOS/c1-3-8-4-5-11(15-2)9(6-8)10-7-16-12(13)14-10/h4-7H,3H2,1-2H3. The molecule has 0 aliphatic rings. The summed E-state index contributed by atoms with van der Waals surface area (Å²) >= 11 is 4.96. The van der Waals surface area contributed by atoms with Gasteiger partial charge in [0.25, 0.3) is 0 Å². The van der Waals surface area contributed by atoms with Crippen LogP contribution in [0.2, 0.25) is 0 Å². The van der Waals surface area contributed by atoms with Crippen molar-refractivity contribution >= 4 is 27.3 Å². The van der Waals surface area contributed by atoms with Crippen molar-refractivity contribution in [3.63, 3.8) is 0 Å². The Morgan fingerprint density at radius 2 is 2.25 bits per heavy atom. The van der Waals surface area contributed by atoms with E-state index in [0.29, 0.717) is 0 Å². The van der Waals surface area contributed by atoms with Crippen molar-refractivity contribution in [3.8, 4) is 17.0 Å². The van der Waals surface area contributed by atoms with Gasteiger partial charge in [-0.15, -0.1) is 11.3 Å². The van der Waals surface area contributed by atoms with Gasteiger partial charge in [0.05, 0.1) is 12.8 Å². The molecule has 0 aliphatic carbocycles. The van der Waals surface area contributed by atoms with E-state index in [2.05, 4.69) is 40.0 Å². The number of methoxy groups -OCH3 is 1. The van der Waals surface area contributed by atoms with Gasteiger partial charge in [-0.3, -0.25) is 0 Å². The molecular weight excluding hydrogens is 286 g/mol. The minimum atomic E-state index is 0.870. The lowest BCUT2D eigenvalue weighted by molar-refractivity contribution is 0.416. The Bertz CT molecular complexity index is 496. The van der Waals surface area contributed by atoms with Gasteiger partial charge >= 0.3 is 0 Å². The van der Waals surface area contributed by atoms with Crippen LogP contribution in [0.3, 0.4) is 0 Å². The highest BCUT2D eigenvalue weighted by atomic mass is 79.9. The van der Waals surface area contributed by atoms with Crippen LogP contribution in [0.1, 0.15) is 12.5 Å². The van der Waals surface area contributed by atoms with Crippen LogP contribution in [-0.2, 0) is 6.42 Å². The fraction of sp³-hybridized carbons (Fsp3) is 0.250. The Morgan fingerprint density at radius 1 is 1.44 bits per heavy atom. The first-order valence-electron chi connectivity index (χ1n) is 5.03. The molecule has 0 fully saturated rings. The molecule has 0 bridgehead atoms. The van der Waals surface area contributed by atoms with E-state index >= 15 is 0 Å². The lowest BCUT2D eigenvalue weighted by Crippen LogP contribution is -1.90. The van der Waals surface area contributed by atoms with Crippen molar-refractivity contribution < 1.29 is 4.74 Å². The van der Waals surface area contributed by atoms with E-state index in [1.54, 1.807) is 18.4 Å². The molecule has 1 aromatic carbocycles. The van der Waals surface area contributed by atoms with E-state index in [4.69, 9.17) is 4.74 Å². The third kappa shape index (κ3) is 2.28. The highest BCUT2D eigenvalue weighted by molar-refractivity contribution is 9.11. The van der Waals surface area contributed by atoms with Gasteiger partial charge in [-0.1, -0.05) is 13.0 Å². The second kappa shape index (κ2) is 4.97. The average molecular weight is 298 g/mol. The van der Waals surface area contributed by atoms with Crippen LogP contribution in [0, 0.1) is 0 Å². The van der Waals surface area contributed by atoms with Gasteiger partial charge in [0, 0.05) is 10.9 Å². The number of hydrogen-bond donors (Lipinski definition) is 0. The average Bonchev–Trinajstić information content (AvgIpc) is 2.75. The Hall–Kier alpha value is -0.870. The highest BCUT2D eigenvalue weighted by Gasteiger charge is 2.09. The summed E-state index contributed by atoms with van der Waals surface area (Å²) in [5, 5.41) is 2.03. The van der Waals surface area contributed by atoms with E-state index < -0.39 is 0 Å². The fourth-order valence-electron chi connectivity index (χ4n) is 1.55. The number of benzene rings is 1. The number of nitrogens with zero attached hydrogens (tertiary/aromatic N) is 1. The molecular formula is C12H12BrNOS. The van der Waals surface area contributed by atoms with E-state index in [9.17, 15) is 0 Å². The summed E-state index contributed by atoms with van der Waals surface area (Å²) in [7, 11) is 1.69.